The number of nitrogens with one attached hydrogen (secondary N) is 1. The number of rotatable bonds is 5. The zero-order valence-corrected chi connectivity index (χ0v) is 17.6. The van der Waals surface area contributed by atoms with E-state index in [-0.39, 0.29) is 11.6 Å². The van der Waals surface area contributed by atoms with Crippen molar-refractivity contribution in [3.63, 3.8) is 0 Å². The number of nitrogens with zero attached hydrogens (tertiary/aromatic N) is 6. The van der Waals surface area contributed by atoms with Crippen molar-refractivity contribution in [1.29, 1.82) is 0 Å². The van der Waals surface area contributed by atoms with Gasteiger partial charge in [0, 0.05) is 26.1 Å². The van der Waals surface area contributed by atoms with Crippen LogP contribution in [-0.4, -0.2) is 61.3 Å². The van der Waals surface area contributed by atoms with Crippen molar-refractivity contribution in [3.8, 4) is 5.82 Å². The fraction of sp³-hybridized carbons (Fsp3) is 0.579. The summed E-state index contributed by atoms with van der Waals surface area (Å²) >= 11 is 0. The van der Waals surface area contributed by atoms with Crippen LogP contribution in [0.4, 0.5) is 4.79 Å². The van der Waals surface area contributed by atoms with E-state index in [4.69, 9.17) is 4.74 Å². The van der Waals surface area contributed by atoms with Gasteiger partial charge in [-0.25, -0.2) is 19.7 Å². The zero-order chi connectivity index (χ0) is 21.3. The molecule has 1 fully saturated rings. The number of aromatic nitrogens is 5. The molecule has 2 amide bonds. The summed E-state index contributed by atoms with van der Waals surface area (Å²) < 4.78 is 6.90. The Kier molecular flexibility index (Phi) is 5.54. The average molecular weight is 401 g/mol. The smallest absolute Gasteiger partial charge is 0.408 e. The second-order valence-electron chi connectivity index (χ2n) is 8.34. The molecule has 3 rings (SSSR count). The molecule has 156 valence electrons. The Morgan fingerprint density at radius 2 is 1.97 bits per heavy atom. The second-order valence-corrected chi connectivity index (χ2v) is 8.34. The Morgan fingerprint density at radius 3 is 2.55 bits per heavy atom. The number of amides is 2. The summed E-state index contributed by atoms with van der Waals surface area (Å²) in [5.41, 5.74) is -0.354. The van der Waals surface area contributed by atoms with Crippen LogP contribution in [0.5, 0.6) is 0 Å². The molecule has 1 atom stereocenters. The Labute approximate surface area is 169 Å². The molecule has 2 aromatic rings. The first-order valence-electron chi connectivity index (χ1n) is 9.55. The molecule has 0 aliphatic heterocycles. The van der Waals surface area contributed by atoms with Gasteiger partial charge in [0.1, 0.15) is 17.6 Å². The first kappa shape index (κ1) is 20.7. The van der Waals surface area contributed by atoms with Gasteiger partial charge in [0.05, 0.1) is 6.04 Å². The van der Waals surface area contributed by atoms with Gasteiger partial charge < -0.3 is 15.0 Å². The molecule has 0 bridgehead atoms. The van der Waals surface area contributed by atoms with E-state index in [1.165, 1.54) is 11.2 Å². The third-order valence-corrected chi connectivity index (χ3v) is 4.21. The fourth-order valence-electron chi connectivity index (χ4n) is 2.66. The Hall–Kier alpha value is -3.04. The van der Waals surface area contributed by atoms with E-state index < -0.39 is 17.7 Å². The van der Waals surface area contributed by atoms with Gasteiger partial charge in [-0.3, -0.25) is 4.79 Å². The molecule has 2 aromatic heterocycles. The normalized spacial score (nSPS) is 15.0. The summed E-state index contributed by atoms with van der Waals surface area (Å²) in [6.45, 7) is 7.20. The highest BCUT2D eigenvalue weighted by Crippen LogP contribution is 2.38. The third kappa shape index (κ3) is 5.07. The van der Waals surface area contributed by atoms with E-state index >= 15 is 0 Å². The standard InChI is InChI=1S/C19H27N7O3/c1-11(22-18(28)29-19(2,3)4)16-23-15(12-7-8-12)24-26(16)14-9-13(20-10-21-14)17(27)25(5)6/h9-12H,7-8H2,1-6H3,(H,22,28)/t11-/m0/s1. The molecule has 1 N–H and O–H groups in total. The van der Waals surface area contributed by atoms with Crippen LogP contribution in [0.25, 0.3) is 5.82 Å². The van der Waals surface area contributed by atoms with Crippen LogP contribution in [0, 0.1) is 0 Å². The van der Waals surface area contributed by atoms with Crippen LogP contribution in [0.2, 0.25) is 0 Å². The maximum Gasteiger partial charge on any atom is 0.408 e. The highest BCUT2D eigenvalue weighted by Gasteiger charge is 2.31. The SMILES string of the molecule is C[C@H](NC(=O)OC(C)(C)C)c1nc(C2CC2)nn1-c1cc(C(=O)N(C)C)ncn1. The molecule has 0 unspecified atom stereocenters. The molecular formula is C19H27N7O3. The highest BCUT2D eigenvalue weighted by atomic mass is 16.6. The van der Waals surface area contributed by atoms with Crippen molar-refractivity contribution in [2.45, 2.75) is 58.1 Å². The summed E-state index contributed by atoms with van der Waals surface area (Å²) in [5, 5.41) is 7.38. The van der Waals surface area contributed by atoms with E-state index in [0.717, 1.165) is 12.8 Å². The molecule has 0 radical (unpaired) electrons. The molecule has 1 saturated carbocycles. The minimum absolute atomic E-state index is 0.238. The van der Waals surface area contributed by atoms with E-state index in [2.05, 4.69) is 25.4 Å². The minimum Gasteiger partial charge on any atom is -0.444 e. The lowest BCUT2D eigenvalue weighted by Gasteiger charge is -2.21. The van der Waals surface area contributed by atoms with Crippen LogP contribution in [-0.2, 0) is 4.74 Å². The molecule has 0 aromatic carbocycles. The lowest BCUT2D eigenvalue weighted by molar-refractivity contribution is 0.0505. The van der Waals surface area contributed by atoms with Gasteiger partial charge >= 0.3 is 6.09 Å². The maximum atomic E-state index is 12.3. The van der Waals surface area contributed by atoms with Gasteiger partial charge in [-0.1, -0.05) is 0 Å². The van der Waals surface area contributed by atoms with Gasteiger partial charge in [0.25, 0.3) is 5.91 Å². The Bertz CT molecular complexity index is 913. The van der Waals surface area contributed by atoms with Crippen molar-refractivity contribution < 1.29 is 14.3 Å². The summed E-state index contributed by atoms with van der Waals surface area (Å²) in [6.07, 6.45) is 2.84. The van der Waals surface area contributed by atoms with Crippen LogP contribution in [0.1, 0.15) is 74.6 Å². The first-order valence-corrected chi connectivity index (χ1v) is 9.55. The molecule has 1 aliphatic carbocycles. The number of hydrogen-bond donors (Lipinski definition) is 1. The van der Waals surface area contributed by atoms with Crippen molar-refractivity contribution in [1.82, 2.24) is 34.9 Å². The predicted molar refractivity (Wildman–Crippen MR) is 105 cm³/mol. The number of carbonyl (C=O) groups excluding carboxylic acids is 2. The first-order chi connectivity index (χ1) is 13.5. The minimum atomic E-state index is -0.606. The third-order valence-electron chi connectivity index (χ3n) is 4.21. The predicted octanol–water partition coefficient (Wildman–Crippen LogP) is 2.22. The Balaban J connectivity index is 1.92. The van der Waals surface area contributed by atoms with Crippen molar-refractivity contribution in [3.05, 3.63) is 29.7 Å². The van der Waals surface area contributed by atoms with Gasteiger partial charge in [-0.05, 0) is 40.5 Å². The molecule has 0 saturated heterocycles. The summed E-state index contributed by atoms with van der Waals surface area (Å²) in [6, 6.07) is 1.09. The lowest BCUT2D eigenvalue weighted by atomic mass is 10.2. The Morgan fingerprint density at radius 1 is 1.28 bits per heavy atom. The van der Waals surface area contributed by atoms with Crippen LogP contribution in [0.15, 0.2) is 12.4 Å². The van der Waals surface area contributed by atoms with E-state index in [1.54, 1.807) is 52.5 Å². The highest BCUT2D eigenvalue weighted by molar-refractivity contribution is 5.92. The van der Waals surface area contributed by atoms with Crippen molar-refractivity contribution >= 4 is 12.0 Å². The van der Waals surface area contributed by atoms with Crippen LogP contribution < -0.4 is 5.32 Å². The summed E-state index contributed by atoms with van der Waals surface area (Å²) in [5.74, 6) is 1.71. The summed E-state index contributed by atoms with van der Waals surface area (Å²) in [4.78, 5) is 38.8. The fourth-order valence-corrected chi connectivity index (χ4v) is 2.66. The molecule has 29 heavy (non-hydrogen) atoms. The van der Waals surface area contributed by atoms with E-state index in [9.17, 15) is 9.59 Å². The number of alkyl carbamates (subject to hydrolysis) is 1. The lowest BCUT2D eigenvalue weighted by Crippen LogP contribution is -2.35. The zero-order valence-electron chi connectivity index (χ0n) is 17.6. The van der Waals surface area contributed by atoms with Crippen molar-refractivity contribution in [2.24, 2.45) is 0 Å². The number of hydrogen-bond acceptors (Lipinski definition) is 7. The van der Waals surface area contributed by atoms with Crippen LogP contribution in [0.3, 0.4) is 0 Å². The summed E-state index contributed by atoms with van der Waals surface area (Å²) in [7, 11) is 3.31. The monoisotopic (exact) mass is 401 g/mol. The largest absolute Gasteiger partial charge is 0.444 e. The second kappa shape index (κ2) is 7.76. The molecule has 2 heterocycles. The van der Waals surface area contributed by atoms with E-state index in [0.29, 0.717) is 23.4 Å². The molecule has 0 spiro atoms. The topological polar surface area (TPSA) is 115 Å². The van der Waals surface area contributed by atoms with E-state index in [1.807, 2.05) is 0 Å². The number of ether oxygens (including phenoxy) is 1. The molecule has 1 aliphatic rings. The van der Waals surface area contributed by atoms with Crippen LogP contribution >= 0.6 is 0 Å². The van der Waals surface area contributed by atoms with Gasteiger partial charge in [-0.2, -0.15) is 4.68 Å². The van der Waals surface area contributed by atoms with Gasteiger partial charge in [-0.15, -0.1) is 5.10 Å². The number of carbonyl (C=O) groups is 2. The maximum absolute atomic E-state index is 12.3. The van der Waals surface area contributed by atoms with Crippen molar-refractivity contribution in [2.75, 3.05) is 14.1 Å². The van der Waals surface area contributed by atoms with Gasteiger partial charge in [0.15, 0.2) is 17.5 Å². The average Bonchev–Trinajstić information content (AvgIpc) is 3.37. The quantitative estimate of drug-likeness (QED) is 0.817. The van der Waals surface area contributed by atoms with Gasteiger partial charge in [0.2, 0.25) is 0 Å². The molecule has 10 nitrogen and oxygen atoms in total. The molecular weight excluding hydrogens is 374 g/mol. The molecule has 10 heteroatoms.